The summed E-state index contributed by atoms with van der Waals surface area (Å²) >= 11 is 1.63. The minimum Gasteiger partial charge on any atom is -0.343 e. The monoisotopic (exact) mass is 438 g/mol. The lowest BCUT2D eigenvalue weighted by atomic mass is 9.96. The molecule has 0 amide bonds. The van der Waals surface area contributed by atoms with Crippen LogP contribution in [-0.2, 0) is 12.8 Å². The van der Waals surface area contributed by atoms with E-state index in [0.717, 1.165) is 67.4 Å². The van der Waals surface area contributed by atoms with Crippen LogP contribution in [0, 0.1) is 11.6 Å². The van der Waals surface area contributed by atoms with Gasteiger partial charge in [0, 0.05) is 36.9 Å². The molecule has 3 aromatic rings. The van der Waals surface area contributed by atoms with E-state index in [1.54, 1.807) is 17.5 Å². The largest absolute Gasteiger partial charge is 0.343 e. The van der Waals surface area contributed by atoms with Crippen molar-refractivity contribution in [2.24, 2.45) is 0 Å². The summed E-state index contributed by atoms with van der Waals surface area (Å²) in [6.45, 7) is 1.70. The fourth-order valence-electron chi connectivity index (χ4n) is 4.28. The molecule has 0 atom stereocenters. The van der Waals surface area contributed by atoms with Crippen LogP contribution in [0.25, 0.3) is 5.57 Å². The lowest BCUT2D eigenvalue weighted by Crippen LogP contribution is -2.31. The zero-order valence-electron chi connectivity index (χ0n) is 16.8. The third-order valence-electron chi connectivity index (χ3n) is 5.79. The average Bonchev–Trinajstić information content (AvgIpc) is 3.23. The maximum absolute atomic E-state index is 14.0. The number of ketones is 1. The lowest BCUT2D eigenvalue weighted by Gasteiger charge is -2.30. The maximum Gasteiger partial charge on any atom is 0.185 e. The number of aromatic nitrogens is 3. The first-order chi connectivity index (χ1) is 15.1. The molecule has 5 nitrogen and oxygen atoms in total. The number of Topliss-reactive ketones (excluding diaryl/α,β-unsaturated/α-hetero) is 1. The lowest BCUT2D eigenvalue weighted by molar-refractivity contribution is 0.0988. The molecule has 0 bridgehead atoms. The van der Waals surface area contributed by atoms with Crippen LogP contribution in [0.5, 0.6) is 0 Å². The Morgan fingerprint density at radius 3 is 2.87 bits per heavy atom. The smallest absolute Gasteiger partial charge is 0.185 e. The fraction of sp³-hybridized carbons (Fsp3) is 0.304. The number of fused-ring (bicyclic) bond motifs is 2. The van der Waals surface area contributed by atoms with E-state index in [9.17, 15) is 13.6 Å². The molecule has 1 aromatic carbocycles. The highest BCUT2D eigenvalue weighted by atomic mass is 32.1. The molecular weight excluding hydrogens is 418 g/mol. The average molecular weight is 439 g/mol. The van der Waals surface area contributed by atoms with E-state index in [2.05, 4.69) is 9.88 Å². The molecule has 2 aromatic heterocycles. The Kier molecular flexibility index (Phi) is 5.31. The Labute approximate surface area is 182 Å². The third-order valence-corrected chi connectivity index (χ3v) is 6.63. The number of anilines is 1. The molecule has 158 valence electrons. The van der Waals surface area contributed by atoms with Crippen molar-refractivity contribution in [2.75, 3.05) is 18.0 Å². The predicted molar refractivity (Wildman–Crippen MR) is 115 cm³/mol. The number of hydrogen-bond donors (Lipinski definition) is 0. The van der Waals surface area contributed by atoms with Crippen molar-refractivity contribution in [3.63, 3.8) is 0 Å². The van der Waals surface area contributed by atoms with Gasteiger partial charge in [-0.15, -0.1) is 11.3 Å². The summed E-state index contributed by atoms with van der Waals surface area (Å²) in [5.74, 6) is -2.00. The summed E-state index contributed by atoms with van der Waals surface area (Å²) in [6, 6.07) is 2.99. The van der Waals surface area contributed by atoms with E-state index in [1.807, 2.05) is 11.6 Å². The van der Waals surface area contributed by atoms with E-state index in [-0.39, 0.29) is 12.0 Å². The first kappa shape index (κ1) is 19.9. The summed E-state index contributed by atoms with van der Waals surface area (Å²) in [7, 11) is 0. The Bertz CT molecular complexity index is 1180. The maximum atomic E-state index is 14.0. The Morgan fingerprint density at radius 2 is 2.06 bits per heavy atom. The molecule has 0 radical (unpaired) electrons. The second-order valence-corrected chi connectivity index (χ2v) is 8.68. The molecule has 0 saturated carbocycles. The molecule has 8 heteroatoms. The van der Waals surface area contributed by atoms with Gasteiger partial charge in [0.15, 0.2) is 10.9 Å². The Morgan fingerprint density at radius 1 is 1.16 bits per heavy atom. The molecule has 3 heterocycles. The number of carbonyl (C=O) groups excluding carboxylic acids is 1. The van der Waals surface area contributed by atoms with Crippen molar-refractivity contribution >= 4 is 27.8 Å². The number of thiazole rings is 1. The van der Waals surface area contributed by atoms with Crippen molar-refractivity contribution in [1.82, 2.24) is 15.0 Å². The zero-order chi connectivity index (χ0) is 21.4. The number of rotatable bonds is 4. The summed E-state index contributed by atoms with van der Waals surface area (Å²) in [5, 5.41) is 2.99. The quantitative estimate of drug-likeness (QED) is 0.556. The number of carbonyl (C=O) groups is 1. The number of benzene rings is 1. The molecular formula is C23H20F2N4OS. The Hall–Kier alpha value is -3.00. The summed E-state index contributed by atoms with van der Waals surface area (Å²) in [5.41, 5.74) is 4.80. The van der Waals surface area contributed by atoms with Crippen LogP contribution in [0.4, 0.5) is 13.9 Å². The molecule has 1 aliphatic carbocycles. The zero-order valence-corrected chi connectivity index (χ0v) is 17.6. The highest BCUT2D eigenvalue weighted by Gasteiger charge is 2.27. The van der Waals surface area contributed by atoms with Gasteiger partial charge in [0.25, 0.3) is 0 Å². The van der Waals surface area contributed by atoms with Crippen LogP contribution in [0.1, 0.15) is 46.7 Å². The standard InChI is InChI=1S/C23H20F2N4OS/c24-15-4-5-17(19(25)10-15)21(30)11-16-12-27-22-18-13-29(23-26-7-9-31-23)8-6-14(18)2-1-3-20(22)28-16/h4-5,7,9-10,12H,1-3,6,8,11,13H2. The van der Waals surface area contributed by atoms with Crippen LogP contribution in [0.2, 0.25) is 0 Å². The number of hydrogen-bond acceptors (Lipinski definition) is 6. The van der Waals surface area contributed by atoms with Gasteiger partial charge in [0.1, 0.15) is 11.6 Å². The molecule has 0 N–H and O–H groups in total. The van der Waals surface area contributed by atoms with Gasteiger partial charge in [-0.05, 0) is 43.4 Å². The van der Waals surface area contributed by atoms with Crippen LogP contribution in [-0.4, -0.2) is 33.8 Å². The first-order valence-corrected chi connectivity index (χ1v) is 11.1. The van der Waals surface area contributed by atoms with Crippen molar-refractivity contribution in [3.8, 4) is 0 Å². The number of aryl methyl sites for hydroxylation is 1. The highest BCUT2D eigenvalue weighted by Crippen LogP contribution is 2.35. The van der Waals surface area contributed by atoms with Gasteiger partial charge in [-0.2, -0.15) is 0 Å². The molecule has 5 rings (SSSR count). The molecule has 0 unspecified atom stereocenters. The van der Waals surface area contributed by atoms with Gasteiger partial charge in [0.2, 0.25) is 0 Å². The molecule has 0 fully saturated rings. The topological polar surface area (TPSA) is 59.0 Å². The van der Waals surface area contributed by atoms with Crippen molar-refractivity contribution in [1.29, 1.82) is 0 Å². The minimum absolute atomic E-state index is 0.0695. The first-order valence-electron chi connectivity index (χ1n) is 10.3. The summed E-state index contributed by atoms with van der Waals surface area (Å²) in [6.07, 6.45) is 7.14. The van der Waals surface area contributed by atoms with Gasteiger partial charge < -0.3 is 4.90 Å². The second kappa shape index (κ2) is 8.26. The van der Waals surface area contributed by atoms with Crippen LogP contribution in [0.3, 0.4) is 0 Å². The van der Waals surface area contributed by atoms with E-state index in [4.69, 9.17) is 9.97 Å². The van der Waals surface area contributed by atoms with Gasteiger partial charge >= 0.3 is 0 Å². The summed E-state index contributed by atoms with van der Waals surface area (Å²) < 4.78 is 27.1. The highest BCUT2D eigenvalue weighted by molar-refractivity contribution is 7.13. The number of halogens is 2. The molecule has 0 spiro atoms. The van der Waals surface area contributed by atoms with Gasteiger partial charge in [-0.3, -0.25) is 14.8 Å². The third kappa shape index (κ3) is 3.99. The van der Waals surface area contributed by atoms with Crippen LogP contribution < -0.4 is 4.90 Å². The SMILES string of the molecule is O=C(Cc1cnc2c(n1)CCCC1=C2CN(c2nccs2)CC1)c1ccc(F)cc1F. The van der Waals surface area contributed by atoms with Crippen LogP contribution in [0.15, 0.2) is 41.5 Å². The van der Waals surface area contributed by atoms with E-state index in [1.165, 1.54) is 17.2 Å². The van der Waals surface area contributed by atoms with E-state index < -0.39 is 17.4 Å². The van der Waals surface area contributed by atoms with Crippen molar-refractivity contribution < 1.29 is 13.6 Å². The second-order valence-electron chi connectivity index (χ2n) is 7.80. The fourth-order valence-corrected chi connectivity index (χ4v) is 4.95. The molecule has 0 saturated heterocycles. The van der Waals surface area contributed by atoms with Crippen molar-refractivity contribution in [3.05, 3.63) is 75.8 Å². The van der Waals surface area contributed by atoms with Gasteiger partial charge in [-0.25, -0.2) is 13.8 Å². The van der Waals surface area contributed by atoms with Crippen molar-refractivity contribution in [2.45, 2.75) is 32.1 Å². The minimum atomic E-state index is -0.855. The van der Waals surface area contributed by atoms with Gasteiger partial charge in [0.05, 0.1) is 29.1 Å². The molecule has 2 aliphatic rings. The Balaban J connectivity index is 1.41. The normalized spacial score (nSPS) is 16.0. The summed E-state index contributed by atoms with van der Waals surface area (Å²) in [4.78, 5) is 28.7. The van der Waals surface area contributed by atoms with E-state index >= 15 is 0 Å². The van der Waals surface area contributed by atoms with Crippen LogP contribution >= 0.6 is 11.3 Å². The molecule has 31 heavy (non-hydrogen) atoms. The number of nitrogens with zero attached hydrogens (tertiary/aromatic N) is 4. The predicted octanol–water partition coefficient (Wildman–Crippen LogP) is 4.64. The van der Waals surface area contributed by atoms with Gasteiger partial charge in [-0.1, -0.05) is 5.57 Å². The van der Waals surface area contributed by atoms with E-state index in [0.29, 0.717) is 5.69 Å². The molecule has 1 aliphatic heterocycles.